The minimum atomic E-state index is 0.477. The van der Waals surface area contributed by atoms with Gasteiger partial charge < -0.3 is 4.74 Å². The molecule has 3 heteroatoms. The zero-order valence-electron chi connectivity index (χ0n) is 9.30. The van der Waals surface area contributed by atoms with Gasteiger partial charge in [-0.2, -0.15) is 0 Å². The molecule has 1 aliphatic heterocycles. The van der Waals surface area contributed by atoms with Crippen molar-refractivity contribution in [3.05, 3.63) is 0 Å². The number of hydrogen-bond acceptors (Lipinski definition) is 3. The normalized spacial score (nSPS) is 24.9. The molecule has 0 spiro atoms. The van der Waals surface area contributed by atoms with Gasteiger partial charge in [-0.25, -0.2) is 0 Å². The highest BCUT2D eigenvalue weighted by Crippen LogP contribution is 2.18. The first-order valence-corrected chi connectivity index (χ1v) is 5.94. The zero-order valence-corrected chi connectivity index (χ0v) is 9.30. The molecular formula is C11H24N2O. The van der Waals surface area contributed by atoms with Gasteiger partial charge in [-0.1, -0.05) is 13.3 Å². The first kappa shape index (κ1) is 12.0. The molecule has 0 aliphatic carbocycles. The summed E-state index contributed by atoms with van der Waals surface area (Å²) in [7, 11) is 0. The van der Waals surface area contributed by atoms with Gasteiger partial charge in [0, 0.05) is 12.6 Å². The molecule has 2 atom stereocenters. The van der Waals surface area contributed by atoms with Gasteiger partial charge in [-0.05, 0) is 38.5 Å². The molecule has 3 N–H and O–H groups in total. The van der Waals surface area contributed by atoms with Crippen molar-refractivity contribution in [2.75, 3.05) is 6.61 Å². The van der Waals surface area contributed by atoms with E-state index in [0.29, 0.717) is 12.1 Å². The van der Waals surface area contributed by atoms with Gasteiger partial charge in [0.1, 0.15) is 0 Å². The van der Waals surface area contributed by atoms with Crippen LogP contribution in [0.25, 0.3) is 0 Å². The Morgan fingerprint density at radius 2 is 2.29 bits per heavy atom. The van der Waals surface area contributed by atoms with Crippen LogP contribution in [0, 0.1) is 0 Å². The third-order valence-corrected chi connectivity index (χ3v) is 2.98. The van der Waals surface area contributed by atoms with Crippen LogP contribution in [0.15, 0.2) is 0 Å². The zero-order chi connectivity index (χ0) is 10.2. The number of rotatable bonds is 6. The molecular weight excluding hydrogens is 176 g/mol. The molecule has 0 bridgehead atoms. The molecule has 0 saturated carbocycles. The SMILES string of the molecule is CCCC(CCC1CCCCO1)NN. The van der Waals surface area contributed by atoms with Gasteiger partial charge in [0.15, 0.2) is 0 Å². The molecule has 3 nitrogen and oxygen atoms in total. The standard InChI is InChI=1S/C11H24N2O/c1-2-5-10(13-12)7-8-11-6-3-4-9-14-11/h10-11,13H,2-9,12H2,1H3. The fourth-order valence-electron chi connectivity index (χ4n) is 2.08. The van der Waals surface area contributed by atoms with E-state index in [0.717, 1.165) is 19.4 Å². The summed E-state index contributed by atoms with van der Waals surface area (Å²) < 4.78 is 5.68. The molecule has 2 unspecified atom stereocenters. The van der Waals surface area contributed by atoms with Crippen molar-refractivity contribution in [2.24, 2.45) is 5.84 Å². The summed E-state index contributed by atoms with van der Waals surface area (Å²) in [5.74, 6) is 5.48. The van der Waals surface area contributed by atoms with E-state index < -0.39 is 0 Å². The van der Waals surface area contributed by atoms with Crippen molar-refractivity contribution in [3.8, 4) is 0 Å². The molecule has 0 amide bonds. The summed E-state index contributed by atoms with van der Waals surface area (Å²) in [6.07, 6.45) is 8.98. The Morgan fingerprint density at radius 3 is 2.86 bits per heavy atom. The van der Waals surface area contributed by atoms with E-state index in [9.17, 15) is 0 Å². The maximum Gasteiger partial charge on any atom is 0.0575 e. The van der Waals surface area contributed by atoms with Crippen molar-refractivity contribution >= 4 is 0 Å². The Hall–Kier alpha value is -0.120. The predicted octanol–water partition coefficient (Wildman–Crippen LogP) is 1.97. The lowest BCUT2D eigenvalue weighted by Gasteiger charge is -2.24. The Kier molecular flexibility index (Phi) is 6.15. The molecule has 1 heterocycles. The molecule has 1 aliphatic rings. The molecule has 0 aromatic rings. The average Bonchev–Trinajstić information content (AvgIpc) is 2.25. The van der Waals surface area contributed by atoms with E-state index >= 15 is 0 Å². The second kappa shape index (κ2) is 7.21. The Balaban J connectivity index is 2.10. The number of hydrogen-bond donors (Lipinski definition) is 2. The van der Waals surface area contributed by atoms with Crippen LogP contribution in [0.3, 0.4) is 0 Å². The van der Waals surface area contributed by atoms with Gasteiger partial charge >= 0.3 is 0 Å². The molecule has 14 heavy (non-hydrogen) atoms. The maximum atomic E-state index is 5.68. The van der Waals surface area contributed by atoms with E-state index in [4.69, 9.17) is 10.6 Å². The summed E-state index contributed by atoms with van der Waals surface area (Å²) in [6.45, 7) is 3.15. The molecule has 1 fully saturated rings. The van der Waals surface area contributed by atoms with Crippen LogP contribution in [-0.2, 0) is 4.74 Å². The average molecular weight is 200 g/mol. The van der Waals surface area contributed by atoms with Crippen LogP contribution in [0.5, 0.6) is 0 Å². The number of hydrazine groups is 1. The first-order valence-electron chi connectivity index (χ1n) is 5.94. The van der Waals surface area contributed by atoms with Gasteiger partial charge in [0.25, 0.3) is 0 Å². The van der Waals surface area contributed by atoms with Crippen molar-refractivity contribution in [3.63, 3.8) is 0 Å². The lowest BCUT2D eigenvalue weighted by molar-refractivity contribution is 0.00843. The van der Waals surface area contributed by atoms with Crippen LogP contribution in [0.4, 0.5) is 0 Å². The quantitative estimate of drug-likeness (QED) is 0.509. The van der Waals surface area contributed by atoms with Crippen LogP contribution in [-0.4, -0.2) is 18.8 Å². The summed E-state index contributed by atoms with van der Waals surface area (Å²) in [6, 6.07) is 0.477. The minimum absolute atomic E-state index is 0.477. The smallest absolute Gasteiger partial charge is 0.0575 e. The summed E-state index contributed by atoms with van der Waals surface area (Å²) in [5, 5.41) is 0. The molecule has 84 valence electrons. The van der Waals surface area contributed by atoms with E-state index in [1.54, 1.807) is 0 Å². The van der Waals surface area contributed by atoms with Gasteiger partial charge in [0.05, 0.1) is 6.10 Å². The van der Waals surface area contributed by atoms with Crippen LogP contribution >= 0.6 is 0 Å². The third kappa shape index (κ3) is 4.40. The monoisotopic (exact) mass is 200 g/mol. The molecule has 0 aromatic carbocycles. The largest absolute Gasteiger partial charge is 0.378 e. The van der Waals surface area contributed by atoms with E-state index in [1.807, 2.05) is 0 Å². The fraction of sp³-hybridized carbons (Fsp3) is 1.00. The number of nitrogens with two attached hydrogens (primary N) is 1. The lowest BCUT2D eigenvalue weighted by atomic mass is 10.00. The summed E-state index contributed by atoms with van der Waals surface area (Å²) >= 11 is 0. The van der Waals surface area contributed by atoms with E-state index in [2.05, 4.69) is 12.3 Å². The van der Waals surface area contributed by atoms with Crippen molar-refractivity contribution in [2.45, 2.75) is 64.0 Å². The Bertz CT molecular complexity index is 130. The van der Waals surface area contributed by atoms with Crippen molar-refractivity contribution in [1.82, 2.24) is 5.43 Å². The first-order chi connectivity index (χ1) is 6.86. The molecule has 0 aromatic heterocycles. The molecule has 0 radical (unpaired) electrons. The van der Waals surface area contributed by atoms with Crippen LogP contribution in [0.2, 0.25) is 0 Å². The lowest BCUT2D eigenvalue weighted by Crippen LogP contribution is -2.36. The Labute approximate surface area is 87.4 Å². The Morgan fingerprint density at radius 1 is 1.43 bits per heavy atom. The van der Waals surface area contributed by atoms with Gasteiger partial charge in [0.2, 0.25) is 0 Å². The second-order valence-corrected chi connectivity index (χ2v) is 4.22. The second-order valence-electron chi connectivity index (χ2n) is 4.22. The van der Waals surface area contributed by atoms with Crippen LogP contribution < -0.4 is 11.3 Å². The topological polar surface area (TPSA) is 47.3 Å². The highest BCUT2D eigenvalue weighted by Gasteiger charge is 2.15. The van der Waals surface area contributed by atoms with E-state index in [1.165, 1.54) is 32.1 Å². The molecule has 1 rings (SSSR count). The minimum Gasteiger partial charge on any atom is -0.378 e. The highest BCUT2D eigenvalue weighted by molar-refractivity contribution is 4.69. The maximum absolute atomic E-state index is 5.68. The van der Waals surface area contributed by atoms with Crippen molar-refractivity contribution < 1.29 is 4.74 Å². The van der Waals surface area contributed by atoms with Gasteiger partial charge in [-0.3, -0.25) is 11.3 Å². The molecule has 1 saturated heterocycles. The van der Waals surface area contributed by atoms with Crippen molar-refractivity contribution in [1.29, 1.82) is 0 Å². The predicted molar refractivity (Wildman–Crippen MR) is 58.8 cm³/mol. The summed E-state index contributed by atoms with van der Waals surface area (Å²) in [5.41, 5.74) is 2.89. The highest BCUT2D eigenvalue weighted by atomic mass is 16.5. The summed E-state index contributed by atoms with van der Waals surface area (Å²) in [4.78, 5) is 0. The van der Waals surface area contributed by atoms with E-state index in [-0.39, 0.29) is 0 Å². The number of ether oxygens (including phenoxy) is 1. The fourth-order valence-corrected chi connectivity index (χ4v) is 2.08. The number of nitrogens with one attached hydrogen (secondary N) is 1. The van der Waals surface area contributed by atoms with Crippen LogP contribution in [0.1, 0.15) is 51.9 Å². The van der Waals surface area contributed by atoms with Gasteiger partial charge in [-0.15, -0.1) is 0 Å². The third-order valence-electron chi connectivity index (χ3n) is 2.98.